The molecule has 2 aromatic carbocycles. The van der Waals surface area contributed by atoms with Crippen LogP contribution >= 0.6 is 23.4 Å². The average Bonchev–Trinajstić information content (AvgIpc) is 3.32. The molecule has 0 saturated heterocycles. The van der Waals surface area contributed by atoms with Crippen molar-refractivity contribution >= 4 is 40.3 Å². The number of aryl methyl sites for hydroxylation is 1. The first-order valence-electron chi connectivity index (χ1n) is 9.03. The minimum absolute atomic E-state index is 0.112. The maximum atomic E-state index is 12.4. The molecular weight excluding hydrogens is 408 g/mol. The number of H-pyrrole nitrogens is 1. The van der Waals surface area contributed by atoms with E-state index in [1.54, 1.807) is 6.07 Å². The molecule has 1 atom stereocenters. The van der Waals surface area contributed by atoms with E-state index in [1.807, 2.05) is 61.0 Å². The number of nitrogens with one attached hydrogen (secondary N) is 2. The van der Waals surface area contributed by atoms with Gasteiger partial charge in [0.15, 0.2) is 5.82 Å². The summed E-state index contributed by atoms with van der Waals surface area (Å²) in [5.41, 5.74) is 2.72. The molecule has 0 fully saturated rings. The van der Waals surface area contributed by atoms with Crippen molar-refractivity contribution in [2.24, 2.45) is 7.05 Å². The minimum Gasteiger partial charge on any atom is -0.346 e. The highest BCUT2D eigenvalue weighted by atomic mass is 35.5. The number of para-hydroxylation sites is 2. The molecule has 9 heteroatoms. The van der Waals surface area contributed by atoms with Crippen molar-refractivity contribution in [3.8, 4) is 11.4 Å². The Morgan fingerprint density at radius 2 is 1.97 bits per heavy atom. The van der Waals surface area contributed by atoms with E-state index in [0.29, 0.717) is 16.0 Å². The highest BCUT2D eigenvalue weighted by Gasteiger charge is 2.17. The Morgan fingerprint density at radius 3 is 2.76 bits per heavy atom. The number of fused-ring (bicyclic) bond motifs is 1. The predicted molar refractivity (Wildman–Crippen MR) is 115 cm³/mol. The predicted octanol–water partition coefficient (Wildman–Crippen LogP) is 3.98. The number of nitrogens with zero attached hydrogens (tertiary/aromatic N) is 4. The Morgan fingerprint density at radius 1 is 1.21 bits per heavy atom. The normalized spacial score (nSPS) is 12.2. The molecule has 2 N–H and O–H groups in total. The Labute approximate surface area is 176 Å². The molecule has 2 aromatic heterocycles. The van der Waals surface area contributed by atoms with Gasteiger partial charge in [-0.2, -0.15) is 0 Å². The molecule has 1 unspecified atom stereocenters. The lowest BCUT2D eigenvalue weighted by Crippen LogP contribution is -2.29. The Kier molecular flexibility index (Phi) is 5.55. The monoisotopic (exact) mass is 426 g/mol. The van der Waals surface area contributed by atoms with Crippen LogP contribution in [-0.2, 0) is 11.8 Å². The topological polar surface area (TPSA) is 88.5 Å². The molecule has 0 aliphatic carbocycles. The molecule has 148 valence electrons. The number of carbonyl (C=O) groups excluding carboxylic acids is 1. The summed E-state index contributed by atoms with van der Waals surface area (Å²) >= 11 is 7.45. The van der Waals surface area contributed by atoms with Gasteiger partial charge in [0.05, 0.1) is 27.9 Å². The number of benzene rings is 2. The highest BCUT2D eigenvalue weighted by Crippen LogP contribution is 2.26. The summed E-state index contributed by atoms with van der Waals surface area (Å²) in [6, 6.07) is 15.1. The van der Waals surface area contributed by atoms with Crippen molar-refractivity contribution in [1.29, 1.82) is 0 Å². The van der Waals surface area contributed by atoms with Gasteiger partial charge >= 0.3 is 0 Å². The third-order valence-electron chi connectivity index (χ3n) is 4.51. The summed E-state index contributed by atoms with van der Waals surface area (Å²) < 4.78 is 2.00. The standard InChI is InChI=1S/C20H19ClN6OS/c1-12(19-23-15-9-5-6-10-16(15)27(19)2)22-17(28)11-29-20-24-18(25-26-20)13-7-3-4-8-14(13)21/h3-10,12H,11H2,1-2H3,(H,22,28)(H,24,25,26). The van der Waals surface area contributed by atoms with E-state index in [4.69, 9.17) is 11.6 Å². The molecule has 0 saturated carbocycles. The van der Waals surface area contributed by atoms with Crippen molar-refractivity contribution < 1.29 is 4.79 Å². The fraction of sp³-hybridized carbons (Fsp3) is 0.200. The second kappa shape index (κ2) is 8.26. The van der Waals surface area contributed by atoms with Gasteiger partial charge in [0.2, 0.25) is 11.1 Å². The number of aromatic amines is 1. The van der Waals surface area contributed by atoms with Crippen LogP contribution < -0.4 is 5.32 Å². The zero-order valence-electron chi connectivity index (χ0n) is 15.9. The SMILES string of the molecule is CC(NC(=O)CSc1n[nH]c(-c2ccccc2Cl)n1)c1nc2ccccc2n1C. The van der Waals surface area contributed by atoms with Crippen molar-refractivity contribution in [2.75, 3.05) is 5.75 Å². The Bertz CT molecular complexity index is 1170. The Hall–Kier alpha value is -2.84. The number of thioether (sulfide) groups is 1. The molecule has 1 amide bonds. The first-order chi connectivity index (χ1) is 14.0. The summed E-state index contributed by atoms with van der Waals surface area (Å²) in [7, 11) is 1.95. The fourth-order valence-corrected chi connectivity index (χ4v) is 3.95. The Balaban J connectivity index is 1.38. The first kappa shape index (κ1) is 19.5. The lowest BCUT2D eigenvalue weighted by Gasteiger charge is -2.13. The largest absolute Gasteiger partial charge is 0.346 e. The van der Waals surface area contributed by atoms with Gasteiger partial charge in [-0.25, -0.2) is 9.97 Å². The molecule has 0 aliphatic heterocycles. The quantitative estimate of drug-likeness (QED) is 0.455. The van der Waals surface area contributed by atoms with Gasteiger partial charge < -0.3 is 9.88 Å². The summed E-state index contributed by atoms with van der Waals surface area (Å²) in [6.07, 6.45) is 0. The van der Waals surface area contributed by atoms with E-state index >= 15 is 0 Å². The van der Waals surface area contributed by atoms with Gasteiger partial charge in [0, 0.05) is 12.6 Å². The van der Waals surface area contributed by atoms with Crippen LogP contribution in [0.15, 0.2) is 53.7 Å². The number of halogens is 1. The first-order valence-corrected chi connectivity index (χ1v) is 10.4. The van der Waals surface area contributed by atoms with Gasteiger partial charge in [-0.1, -0.05) is 47.6 Å². The van der Waals surface area contributed by atoms with Gasteiger partial charge in [0.25, 0.3) is 0 Å². The lowest BCUT2D eigenvalue weighted by molar-refractivity contribution is -0.119. The van der Waals surface area contributed by atoms with Crippen LogP contribution in [0.3, 0.4) is 0 Å². The molecule has 29 heavy (non-hydrogen) atoms. The van der Waals surface area contributed by atoms with Crippen LogP contribution in [0.25, 0.3) is 22.4 Å². The average molecular weight is 427 g/mol. The van der Waals surface area contributed by atoms with E-state index in [1.165, 1.54) is 11.8 Å². The fourth-order valence-electron chi connectivity index (χ4n) is 3.11. The lowest BCUT2D eigenvalue weighted by atomic mass is 10.2. The molecule has 4 rings (SSSR count). The smallest absolute Gasteiger partial charge is 0.231 e. The number of carbonyl (C=O) groups is 1. The van der Waals surface area contributed by atoms with Crippen LogP contribution in [0.1, 0.15) is 18.8 Å². The summed E-state index contributed by atoms with van der Waals surface area (Å²) in [5.74, 6) is 1.47. The van der Waals surface area contributed by atoms with Crippen LogP contribution in [0.5, 0.6) is 0 Å². The summed E-state index contributed by atoms with van der Waals surface area (Å²) in [5, 5.41) is 11.1. The third kappa shape index (κ3) is 4.13. The number of hydrogen-bond donors (Lipinski definition) is 2. The molecule has 0 radical (unpaired) electrons. The van der Waals surface area contributed by atoms with Gasteiger partial charge in [-0.15, -0.1) is 5.10 Å². The molecule has 4 aromatic rings. The third-order valence-corrected chi connectivity index (χ3v) is 5.69. The van der Waals surface area contributed by atoms with Crippen molar-refractivity contribution in [1.82, 2.24) is 30.0 Å². The van der Waals surface area contributed by atoms with Crippen LogP contribution in [0.2, 0.25) is 5.02 Å². The van der Waals surface area contributed by atoms with Crippen LogP contribution in [0, 0.1) is 0 Å². The van der Waals surface area contributed by atoms with Gasteiger partial charge in [0.1, 0.15) is 5.82 Å². The second-order valence-electron chi connectivity index (χ2n) is 6.54. The minimum atomic E-state index is -0.216. The molecule has 0 aliphatic rings. The number of rotatable bonds is 6. The number of amides is 1. The molecular formula is C20H19ClN6OS. The maximum Gasteiger partial charge on any atom is 0.231 e. The zero-order chi connectivity index (χ0) is 20.4. The molecule has 0 spiro atoms. The van der Waals surface area contributed by atoms with E-state index < -0.39 is 0 Å². The van der Waals surface area contributed by atoms with Crippen molar-refractivity contribution in [2.45, 2.75) is 18.1 Å². The number of imidazole rings is 1. The second-order valence-corrected chi connectivity index (χ2v) is 7.89. The van der Waals surface area contributed by atoms with E-state index in [9.17, 15) is 4.79 Å². The highest BCUT2D eigenvalue weighted by molar-refractivity contribution is 7.99. The number of aromatic nitrogens is 5. The molecule has 2 heterocycles. The van der Waals surface area contributed by atoms with E-state index in [-0.39, 0.29) is 17.7 Å². The summed E-state index contributed by atoms with van der Waals surface area (Å²) in [6.45, 7) is 1.92. The van der Waals surface area contributed by atoms with Crippen LogP contribution in [0.4, 0.5) is 0 Å². The van der Waals surface area contributed by atoms with Gasteiger partial charge in [-0.05, 0) is 31.2 Å². The van der Waals surface area contributed by atoms with Gasteiger partial charge in [-0.3, -0.25) is 9.89 Å². The molecule has 7 nitrogen and oxygen atoms in total. The van der Waals surface area contributed by atoms with Crippen LogP contribution in [-0.4, -0.2) is 36.4 Å². The molecule has 0 bridgehead atoms. The number of hydrogen-bond acceptors (Lipinski definition) is 5. The van der Waals surface area contributed by atoms with Crippen molar-refractivity contribution in [3.05, 3.63) is 59.4 Å². The van der Waals surface area contributed by atoms with Crippen molar-refractivity contribution in [3.63, 3.8) is 0 Å². The summed E-state index contributed by atoms with van der Waals surface area (Å²) in [4.78, 5) is 21.4. The van der Waals surface area contributed by atoms with E-state index in [0.717, 1.165) is 22.4 Å². The zero-order valence-corrected chi connectivity index (χ0v) is 17.5. The maximum absolute atomic E-state index is 12.4. The van der Waals surface area contributed by atoms with E-state index in [2.05, 4.69) is 25.5 Å².